The number of methoxy groups -OCH3 is 2. The molecule has 1 atom stereocenters. The zero-order valence-electron chi connectivity index (χ0n) is 28.3. The molecule has 16 heteroatoms. The quantitative estimate of drug-likeness (QED) is 0.139. The summed E-state index contributed by atoms with van der Waals surface area (Å²) in [6.07, 6.45) is -0.212. The molecule has 0 bridgehead atoms. The minimum atomic E-state index is -4.91. The summed E-state index contributed by atoms with van der Waals surface area (Å²) in [7, 11) is 1.63. The van der Waals surface area contributed by atoms with Gasteiger partial charge in [-0.15, -0.1) is 0 Å². The third kappa shape index (κ3) is 8.15. The largest absolute Gasteiger partial charge is 0.497 e. The third-order valence-electron chi connectivity index (χ3n) is 9.26. The summed E-state index contributed by atoms with van der Waals surface area (Å²) in [5, 5.41) is 0.215. The molecule has 51 heavy (non-hydrogen) atoms. The van der Waals surface area contributed by atoms with Gasteiger partial charge in [-0.05, 0) is 87.8 Å². The SMILES string of the molecule is COc1ccc(CN(c2ccncn2)S(=O)(=O)c2c(F)cc(N3CCC[C@@](CCc4cc(C(F)(F)F)ccc4Cl)(N(C)C)C3)cc2F)c(OC)c1. The van der Waals surface area contributed by atoms with Crippen molar-refractivity contribution in [2.45, 2.75) is 48.8 Å². The Morgan fingerprint density at radius 3 is 2.31 bits per heavy atom. The maximum absolute atomic E-state index is 16.1. The van der Waals surface area contributed by atoms with Crippen LogP contribution in [0, 0.1) is 11.6 Å². The van der Waals surface area contributed by atoms with Crippen LogP contribution in [0.2, 0.25) is 5.02 Å². The van der Waals surface area contributed by atoms with Crippen LogP contribution in [-0.4, -0.2) is 70.2 Å². The number of halogens is 6. The molecule has 0 radical (unpaired) electrons. The molecule has 0 saturated carbocycles. The standard InChI is InChI=1S/C35H37ClF5N5O4S/c1-44(2)34(13-10-23-16-25(35(39,40)41)7-9-28(23)36)12-5-15-45(21-34)26-17-29(37)33(30(38)18-26)51(47,48)46(32-11-14-42-22-43-32)20-24-6-8-27(49-3)19-31(24)50-4/h6-9,11,14,16-19,22H,5,10,12-13,15,20-21H2,1-4H3/t34-/m0/s1. The summed E-state index contributed by atoms with van der Waals surface area (Å²) in [4.78, 5) is 10.4. The molecule has 274 valence electrons. The number of alkyl halides is 3. The van der Waals surface area contributed by atoms with Gasteiger partial charge in [-0.1, -0.05) is 11.6 Å². The van der Waals surface area contributed by atoms with Crippen molar-refractivity contribution < 1.29 is 39.8 Å². The molecule has 0 unspecified atom stereocenters. The van der Waals surface area contributed by atoms with Gasteiger partial charge in [0.05, 0.1) is 26.3 Å². The summed E-state index contributed by atoms with van der Waals surface area (Å²) in [6.45, 7) is 0.293. The predicted octanol–water partition coefficient (Wildman–Crippen LogP) is 7.37. The number of ether oxygens (including phenoxy) is 2. The maximum Gasteiger partial charge on any atom is 0.416 e. The first-order chi connectivity index (χ1) is 24.1. The molecular formula is C35H37ClF5N5O4S. The van der Waals surface area contributed by atoms with Crippen molar-refractivity contribution in [2.24, 2.45) is 0 Å². The van der Waals surface area contributed by atoms with E-state index < -0.39 is 43.8 Å². The minimum absolute atomic E-state index is 0.123. The first kappa shape index (κ1) is 38.0. The van der Waals surface area contributed by atoms with Crippen molar-refractivity contribution in [1.82, 2.24) is 14.9 Å². The smallest absolute Gasteiger partial charge is 0.416 e. The average Bonchev–Trinajstić information content (AvgIpc) is 3.09. The molecule has 3 aromatic carbocycles. The summed E-state index contributed by atoms with van der Waals surface area (Å²) in [5.41, 5.74) is -0.560. The normalized spacial score (nSPS) is 16.7. The second-order valence-electron chi connectivity index (χ2n) is 12.4. The summed E-state index contributed by atoms with van der Waals surface area (Å²) in [6, 6.07) is 11.2. The van der Waals surface area contributed by atoms with E-state index in [0.29, 0.717) is 42.7 Å². The highest BCUT2D eigenvalue weighted by Crippen LogP contribution is 2.38. The van der Waals surface area contributed by atoms with Gasteiger partial charge >= 0.3 is 6.18 Å². The zero-order chi connectivity index (χ0) is 37.1. The molecule has 2 heterocycles. The number of nitrogens with zero attached hydrogens (tertiary/aromatic N) is 5. The van der Waals surface area contributed by atoms with Gasteiger partial charge in [-0.2, -0.15) is 13.2 Å². The zero-order valence-corrected chi connectivity index (χ0v) is 29.9. The van der Waals surface area contributed by atoms with E-state index in [0.717, 1.165) is 34.9 Å². The van der Waals surface area contributed by atoms with Crippen LogP contribution in [0.25, 0.3) is 0 Å². The van der Waals surface area contributed by atoms with Crippen LogP contribution in [0.15, 0.2) is 72.0 Å². The van der Waals surface area contributed by atoms with Gasteiger partial charge in [0, 0.05) is 53.2 Å². The Morgan fingerprint density at radius 1 is 0.980 bits per heavy atom. The van der Waals surface area contributed by atoms with Crippen LogP contribution < -0.4 is 18.7 Å². The predicted molar refractivity (Wildman–Crippen MR) is 184 cm³/mol. The van der Waals surface area contributed by atoms with Crippen LogP contribution in [-0.2, 0) is 29.2 Å². The van der Waals surface area contributed by atoms with Gasteiger partial charge in [0.2, 0.25) is 0 Å². The van der Waals surface area contributed by atoms with Crippen LogP contribution in [0.1, 0.15) is 36.0 Å². The first-order valence-corrected chi connectivity index (χ1v) is 17.7. The molecule has 1 aromatic heterocycles. The van der Waals surface area contributed by atoms with E-state index in [4.69, 9.17) is 21.1 Å². The van der Waals surface area contributed by atoms with Crippen molar-refractivity contribution in [3.63, 3.8) is 0 Å². The topological polar surface area (TPSA) is 88.1 Å². The van der Waals surface area contributed by atoms with E-state index in [9.17, 15) is 21.6 Å². The van der Waals surface area contributed by atoms with Gasteiger partial charge in [-0.25, -0.2) is 31.5 Å². The molecule has 1 fully saturated rings. The molecule has 5 rings (SSSR count). The van der Waals surface area contributed by atoms with E-state index in [2.05, 4.69) is 9.97 Å². The van der Waals surface area contributed by atoms with E-state index in [1.54, 1.807) is 23.1 Å². The third-order valence-corrected chi connectivity index (χ3v) is 11.4. The Hall–Kier alpha value is -4.21. The Bertz CT molecular complexity index is 1950. The first-order valence-electron chi connectivity index (χ1n) is 15.9. The van der Waals surface area contributed by atoms with Gasteiger partial charge in [0.15, 0.2) is 4.90 Å². The molecular weight excluding hydrogens is 717 g/mol. The molecule has 1 aliphatic rings. The Balaban J connectivity index is 1.46. The molecule has 1 saturated heterocycles. The number of anilines is 2. The Labute approximate surface area is 298 Å². The summed E-state index contributed by atoms with van der Waals surface area (Å²) in [5.74, 6) is -2.00. The van der Waals surface area contributed by atoms with Gasteiger partial charge in [0.25, 0.3) is 10.0 Å². The number of hydrogen-bond acceptors (Lipinski definition) is 8. The highest BCUT2D eigenvalue weighted by atomic mass is 35.5. The second-order valence-corrected chi connectivity index (χ2v) is 14.6. The lowest BCUT2D eigenvalue weighted by Gasteiger charge is -2.48. The molecule has 4 aromatic rings. The molecule has 1 aliphatic heterocycles. The van der Waals surface area contributed by atoms with E-state index in [1.165, 1.54) is 32.5 Å². The number of aromatic nitrogens is 2. The monoisotopic (exact) mass is 753 g/mol. The van der Waals surface area contributed by atoms with Crippen molar-refractivity contribution >= 4 is 33.1 Å². The highest BCUT2D eigenvalue weighted by Gasteiger charge is 2.39. The lowest BCUT2D eigenvalue weighted by atomic mass is 9.82. The van der Waals surface area contributed by atoms with E-state index >= 15 is 8.78 Å². The van der Waals surface area contributed by atoms with Crippen molar-refractivity contribution in [1.29, 1.82) is 0 Å². The number of aryl methyl sites for hydroxylation is 1. The molecule has 0 N–H and O–H groups in total. The van der Waals surface area contributed by atoms with E-state index in [1.807, 2.05) is 19.0 Å². The van der Waals surface area contributed by atoms with Gasteiger partial charge < -0.3 is 19.3 Å². The number of benzene rings is 3. The van der Waals surface area contributed by atoms with Crippen LogP contribution in [0.5, 0.6) is 11.5 Å². The number of hydrogen-bond donors (Lipinski definition) is 0. The van der Waals surface area contributed by atoms with Crippen LogP contribution in [0.3, 0.4) is 0 Å². The average molecular weight is 754 g/mol. The summed E-state index contributed by atoms with van der Waals surface area (Å²) >= 11 is 6.29. The lowest BCUT2D eigenvalue weighted by molar-refractivity contribution is -0.137. The fraction of sp³-hybridized carbons (Fsp3) is 0.371. The van der Waals surface area contributed by atoms with Crippen LogP contribution in [0.4, 0.5) is 33.5 Å². The number of likely N-dealkylation sites (N-methyl/N-ethyl adjacent to an activating group) is 1. The Kier molecular flexibility index (Phi) is 11.3. The molecule has 0 amide bonds. The van der Waals surface area contributed by atoms with Gasteiger partial charge in [0.1, 0.15) is 35.3 Å². The second kappa shape index (κ2) is 15.2. The van der Waals surface area contributed by atoms with Crippen molar-refractivity contribution in [3.05, 3.63) is 100 Å². The van der Waals surface area contributed by atoms with Gasteiger partial charge in [-0.3, -0.25) is 0 Å². The summed E-state index contributed by atoms with van der Waals surface area (Å²) < 4.78 is 112. The Morgan fingerprint density at radius 2 is 1.71 bits per heavy atom. The number of piperidine rings is 1. The fourth-order valence-electron chi connectivity index (χ4n) is 6.38. The van der Waals surface area contributed by atoms with E-state index in [-0.39, 0.29) is 41.8 Å². The minimum Gasteiger partial charge on any atom is -0.497 e. The fourth-order valence-corrected chi connectivity index (χ4v) is 8.09. The highest BCUT2D eigenvalue weighted by molar-refractivity contribution is 7.92. The lowest BCUT2D eigenvalue weighted by Crippen LogP contribution is -2.56. The molecule has 0 aliphatic carbocycles. The van der Waals surface area contributed by atoms with Crippen molar-refractivity contribution in [2.75, 3.05) is 50.6 Å². The maximum atomic E-state index is 16.1. The molecule has 9 nitrogen and oxygen atoms in total. The van der Waals surface area contributed by atoms with Crippen molar-refractivity contribution in [3.8, 4) is 11.5 Å². The molecule has 0 spiro atoms. The number of sulfonamides is 1. The number of rotatable bonds is 12. The van der Waals surface area contributed by atoms with Crippen LogP contribution >= 0.6 is 11.6 Å².